The van der Waals surface area contributed by atoms with Gasteiger partial charge in [-0.3, -0.25) is 10.1 Å². The SMILES string of the molecule is CC(C)C(NCc1c(OCc2ccccc2F)ccc2ccccc12)C(=O)O. The molecule has 0 aromatic heterocycles. The molecule has 5 heteroatoms. The van der Waals surface area contributed by atoms with E-state index >= 15 is 0 Å². The highest BCUT2D eigenvalue weighted by molar-refractivity contribution is 5.87. The van der Waals surface area contributed by atoms with Crippen LogP contribution >= 0.6 is 0 Å². The number of hydrogen-bond donors (Lipinski definition) is 2. The molecule has 146 valence electrons. The number of benzene rings is 3. The largest absolute Gasteiger partial charge is 0.488 e. The second-order valence-corrected chi connectivity index (χ2v) is 7.08. The second-order valence-electron chi connectivity index (χ2n) is 7.08. The molecule has 1 atom stereocenters. The lowest BCUT2D eigenvalue weighted by Gasteiger charge is -2.20. The molecule has 4 nitrogen and oxygen atoms in total. The maximum absolute atomic E-state index is 13.9. The lowest BCUT2D eigenvalue weighted by Crippen LogP contribution is -2.40. The number of carbonyl (C=O) groups is 1. The van der Waals surface area contributed by atoms with Crippen molar-refractivity contribution in [3.8, 4) is 5.75 Å². The molecule has 28 heavy (non-hydrogen) atoms. The van der Waals surface area contributed by atoms with Crippen LogP contribution in [-0.4, -0.2) is 17.1 Å². The molecule has 0 bridgehead atoms. The smallest absolute Gasteiger partial charge is 0.320 e. The Hall–Kier alpha value is -2.92. The van der Waals surface area contributed by atoms with E-state index in [1.54, 1.807) is 18.2 Å². The fraction of sp³-hybridized carbons (Fsp3) is 0.261. The molecule has 3 aromatic rings. The minimum atomic E-state index is -0.885. The monoisotopic (exact) mass is 381 g/mol. The molecule has 0 saturated carbocycles. The van der Waals surface area contributed by atoms with Crippen LogP contribution in [0.2, 0.25) is 0 Å². The molecule has 0 aliphatic rings. The van der Waals surface area contributed by atoms with E-state index in [1.165, 1.54) is 6.07 Å². The van der Waals surface area contributed by atoms with Crippen molar-refractivity contribution in [2.24, 2.45) is 5.92 Å². The Morgan fingerprint density at radius 2 is 1.79 bits per heavy atom. The van der Waals surface area contributed by atoms with Crippen molar-refractivity contribution >= 4 is 16.7 Å². The zero-order valence-corrected chi connectivity index (χ0v) is 16.0. The topological polar surface area (TPSA) is 58.6 Å². The minimum Gasteiger partial charge on any atom is -0.488 e. The van der Waals surface area contributed by atoms with Crippen LogP contribution in [0.4, 0.5) is 4.39 Å². The van der Waals surface area contributed by atoms with Crippen LogP contribution in [-0.2, 0) is 17.9 Å². The van der Waals surface area contributed by atoms with E-state index < -0.39 is 12.0 Å². The number of ether oxygens (including phenoxy) is 1. The number of fused-ring (bicyclic) bond motifs is 1. The van der Waals surface area contributed by atoms with E-state index in [1.807, 2.05) is 50.2 Å². The van der Waals surface area contributed by atoms with Crippen molar-refractivity contribution in [2.45, 2.75) is 33.0 Å². The van der Waals surface area contributed by atoms with E-state index in [0.29, 0.717) is 17.9 Å². The van der Waals surface area contributed by atoms with Gasteiger partial charge in [0.1, 0.15) is 24.2 Å². The average molecular weight is 381 g/mol. The lowest BCUT2D eigenvalue weighted by atomic mass is 10.0. The summed E-state index contributed by atoms with van der Waals surface area (Å²) < 4.78 is 19.9. The molecule has 0 aliphatic heterocycles. The maximum atomic E-state index is 13.9. The highest BCUT2D eigenvalue weighted by Gasteiger charge is 2.21. The molecule has 2 N–H and O–H groups in total. The van der Waals surface area contributed by atoms with Crippen molar-refractivity contribution in [1.82, 2.24) is 5.32 Å². The van der Waals surface area contributed by atoms with Crippen LogP contribution in [0.1, 0.15) is 25.0 Å². The van der Waals surface area contributed by atoms with Crippen LogP contribution in [0.25, 0.3) is 10.8 Å². The van der Waals surface area contributed by atoms with Gasteiger partial charge in [-0.05, 0) is 28.8 Å². The first-order valence-corrected chi connectivity index (χ1v) is 9.30. The Balaban J connectivity index is 1.90. The van der Waals surface area contributed by atoms with Crippen molar-refractivity contribution in [3.63, 3.8) is 0 Å². The fourth-order valence-corrected chi connectivity index (χ4v) is 3.22. The van der Waals surface area contributed by atoms with Gasteiger partial charge in [0.05, 0.1) is 0 Å². The van der Waals surface area contributed by atoms with Gasteiger partial charge in [-0.2, -0.15) is 0 Å². The molecule has 0 spiro atoms. The summed E-state index contributed by atoms with van der Waals surface area (Å²) in [4.78, 5) is 11.5. The van der Waals surface area contributed by atoms with Gasteiger partial charge in [-0.1, -0.05) is 62.4 Å². The second kappa shape index (κ2) is 8.85. The van der Waals surface area contributed by atoms with Gasteiger partial charge >= 0.3 is 5.97 Å². The van der Waals surface area contributed by atoms with Crippen LogP contribution in [0.3, 0.4) is 0 Å². The predicted octanol–water partition coefficient (Wildman–Crippen LogP) is 4.76. The minimum absolute atomic E-state index is 0.0599. The van der Waals surface area contributed by atoms with E-state index in [2.05, 4.69) is 5.32 Å². The molecule has 0 radical (unpaired) electrons. The molecule has 0 fully saturated rings. The third kappa shape index (κ3) is 4.49. The van der Waals surface area contributed by atoms with Crippen molar-refractivity contribution < 1.29 is 19.0 Å². The number of nitrogens with one attached hydrogen (secondary N) is 1. The quantitative estimate of drug-likeness (QED) is 0.591. The zero-order chi connectivity index (χ0) is 20.1. The number of hydrogen-bond acceptors (Lipinski definition) is 3. The molecular weight excluding hydrogens is 357 g/mol. The summed E-state index contributed by atoms with van der Waals surface area (Å²) in [6, 6.07) is 17.5. The van der Waals surface area contributed by atoms with Crippen molar-refractivity contribution in [1.29, 1.82) is 0 Å². The first kappa shape index (κ1) is 19.8. The van der Waals surface area contributed by atoms with Gasteiger partial charge in [0.15, 0.2) is 0 Å². The summed E-state index contributed by atoms with van der Waals surface area (Å²) in [5.74, 6) is -0.643. The third-order valence-corrected chi connectivity index (χ3v) is 4.77. The Kier molecular flexibility index (Phi) is 6.26. The molecular formula is C23H24FNO3. The first-order valence-electron chi connectivity index (χ1n) is 9.30. The third-order valence-electron chi connectivity index (χ3n) is 4.77. The van der Waals surface area contributed by atoms with Gasteiger partial charge in [0, 0.05) is 17.7 Å². The van der Waals surface area contributed by atoms with Crippen molar-refractivity contribution in [2.75, 3.05) is 0 Å². The van der Waals surface area contributed by atoms with E-state index in [-0.39, 0.29) is 18.3 Å². The zero-order valence-electron chi connectivity index (χ0n) is 16.0. The van der Waals surface area contributed by atoms with Crippen molar-refractivity contribution in [3.05, 3.63) is 77.6 Å². The number of carboxylic acid groups (broad SMARTS) is 1. The first-order chi connectivity index (χ1) is 13.5. The van der Waals surface area contributed by atoms with E-state index in [0.717, 1.165) is 16.3 Å². The van der Waals surface area contributed by atoms with E-state index in [4.69, 9.17) is 4.74 Å². The summed E-state index contributed by atoms with van der Waals surface area (Å²) >= 11 is 0. The summed E-state index contributed by atoms with van der Waals surface area (Å²) in [6.45, 7) is 4.17. The highest BCUT2D eigenvalue weighted by Crippen LogP contribution is 2.29. The predicted molar refractivity (Wildman–Crippen MR) is 108 cm³/mol. The number of aliphatic carboxylic acids is 1. The number of carboxylic acids is 1. The van der Waals surface area contributed by atoms with Crippen LogP contribution in [0.15, 0.2) is 60.7 Å². The van der Waals surface area contributed by atoms with E-state index in [9.17, 15) is 14.3 Å². The fourth-order valence-electron chi connectivity index (χ4n) is 3.22. The molecule has 3 aromatic carbocycles. The normalized spacial score (nSPS) is 12.3. The summed E-state index contributed by atoms with van der Waals surface area (Å²) in [6.07, 6.45) is 0. The van der Waals surface area contributed by atoms with Crippen LogP contribution < -0.4 is 10.1 Å². The van der Waals surface area contributed by atoms with Gasteiger partial charge in [0.2, 0.25) is 0 Å². The molecule has 3 rings (SSSR count). The molecule has 1 unspecified atom stereocenters. The van der Waals surface area contributed by atoms with Gasteiger partial charge in [-0.25, -0.2) is 4.39 Å². The van der Waals surface area contributed by atoms with Gasteiger partial charge < -0.3 is 9.84 Å². The summed E-state index contributed by atoms with van der Waals surface area (Å²) in [5, 5.41) is 14.6. The number of halogens is 1. The molecule has 0 saturated heterocycles. The Bertz CT molecular complexity index is 971. The Morgan fingerprint density at radius 3 is 2.50 bits per heavy atom. The lowest BCUT2D eigenvalue weighted by molar-refractivity contribution is -0.140. The van der Waals surface area contributed by atoms with Gasteiger partial charge in [0.25, 0.3) is 0 Å². The average Bonchev–Trinajstić information content (AvgIpc) is 2.67. The van der Waals surface area contributed by atoms with Crippen LogP contribution in [0, 0.1) is 11.7 Å². The summed E-state index contributed by atoms with van der Waals surface area (Å²) in [5.41, 5.74) is 1.33. The summed E-state index contributed by atoms with van der Waals surface area (Å²) in [7, 11) is 0. The van der Waals surface area contributed by atoms with Gasteiger partial charge in [-0.15, -0.1) is 0 Å². The highest BCUT2D eigenvalue weighted by atomic mass is 19.1. The Labute approximate surface area is 164 Å². The molecule has 0 aliphatic carbocycles. The maximum Gasteiger partial charge on any atom is 0.320 e. The molecule has 0 amide bonds. The number of rotatable bonds is 8. The standard InChI is InChI=1S/C23H24FNO3/c1-15(2)22(23(26)27)25-13-19-18-9-5-3-7-16(18)11-12-21(19)28-14-17-8-4-6-10-20(17)24/h3-12,15,22,25H,13-14H2,1-2H3,(H,26,27). The Morgan fingerprint density at radius 1 is 1.07 bits per heavy atom. The molecule has 0 heterocycles. The van der Waals surface area contributed by atoms with Crippen LogP contribution in [0.5, 0.6) is 5.75 Å².